The lowest BCUT2D eigenvalue weighted by Gasteiger charge is -2.17. The Labute approximate surface area is 212 Å². The molecule has 0 saturated carbocycles. The highest BCUT2D eigenvalue weighted by atomic mass is 35.5. The van der Waals surface area contributed by atoms with Crippen LogP contribution in [0.15, 0.2) is 54.9 Å². The molecule has 1 N–H and O–H groups in total. The maximum Gasteiger partial charge on any atom is 0.308 e. The van der Waals surface area contributed by atoms with E-state index < -0.39 is 5.97 Å². The monoisotopic (exact) mass is 500 g/mol. The number of carbonyl (C=O) groups is 1. The van der Waals surface area contributed by atoms with Crippen molar-refractivity contribution in [2.45, 2.75) is 13.8 Å². The molecule has 0 aliphatic carbocycles. The minimum atomic E-state index is -0.756. The smallest absolute Gasteiger partial charge is 0.308 e. The number of aliphatic carboxylic acids is 1. The molecule has 0 bridgehead atoms. The highest BCUT2D eigenvalue weighted by Gasteiger charge is 2.35. The van der Waals surface area contributed by atoms with Gasteiger partial charge < -0.3 is 10.0 Å². The van der Waals surface area contributed by atoms with E-state index >= 15 is 0 Å². The Morgan fingerprint density at radius 1 is 1.08 bits per heavy atom. The number of fused-ring (bicyclic) bond motifs is 2. The Hall–Kier alpha value is -3.91. The number of carboxylic acid groups (broad SMARTS) is 1. The second kappa shape index (κ2) is 8.34. The molecule has 0 spiro atoms. The molecule has 2 aromatic carbocycles. The summed E-state index contributed by atoms with van der Waals surface area (Å²) in [4.78, 5) is 18.3. The second-order valence-corrected chi connectivity index (χ2v) is 9.98. The first-order valence-corrected chi connectivity index (χ1v) is 12.2. The average Bonchev–Trinajstić information content (AvgIpc) is 3.55. The van der Waals surface area contributed by atoms with Crippen LogP contribution < -0.4 is 4.90 Å². The van der Waals surface area contributed by atoms with Crippen molar-refractivity contribution >= 4 is 45.2 Å². The molecule has 9 heteroatoms. The molecule has 1 saturated heterocycles. The number of aryl methyl sites for hydroxylation is 2. The SMILES string of the molecule is Cc1c(Cl)ccc2c(-c3cccc4nn(C)cc34)nn(-c3ccc(N4CC(C)C(C(=O)O)C4)nc3)c12. The van der Waals surface area contributed by atoms with Crippen LogP contribution in [0.4, 0.5) is 5.82 Å². The van der Waals surface area contributed by atoms with Gasteiger partial charge in [0, 0.05) is 47.7 Å². The fourth-order valence-corrected chi connectivity index (χ4v) is 5.42. The van der Waals surface area contributed by atoms with Crippen molar-refractivity contribution < 1.29 is 9.90 Å². The Morgan fingerprint density at radius 2 is 1.92 bits per heavy atom. The molecule has 6 rings (SSSR count). The Bertz CT molecular complexity index is 1640. The lowest BCUT2D eigenvalue weighted by Crippen LogP contribution is -2.23. The predicted octanol–water partition coefficient (Wildman–Crippen LogP) is 5.09. The number of halogens is 1. The van der Waals surface area contributed by atoms with E-state index in [1.54, 1.807) is 6.20 Å². The molecular formula is C27H25ClN6O2. The number of pyridine rings is 1. The predicted molar refractivity (Wildman–Crippen MR) is 141 cm³/mol. The standard InChI is InChI=1S/C27H25ClN6O2/c1-15-12-33(14-20(15)27(35)36)24-10-7-17(11-29-24)34-26-16(2)22(28)9-8-19(26)25(31-34)18-5-4-6-23-21(18)13-32(3)30-23/h4-11,13,15,20H,12,14H2,1-3H3,(H,35,36). The summed E-state index contributed by atoms with van der Waals surface area (Å²) in [5, 5.41) is 21.8. The quantitative estimate of drug-likeness (QED) is 0.369. The fraction of sp³-hybridized carbons (Fsp3) is 0.259. The molecule has 1 fully saturated rings. The number of anilines is 1. The molecule has 2 atom stereocenters. The molecule has 3 aromatic heterocycles. The number of aromatic nitrogens is 5. The topological polar surface area (TPSA) is 89.1 Å². The van der Waals surface area contributed by atoms with Crippen LogP contribution in [0, 0.1) is 18.8 Å². The van der Waals surface area contributed by atoms with Crippen LogP contribution in [-0.2, 0) is 11.8 Å². The Morgan fingerprint density at radius 3 is 2.64 bits per heavy atom. The van der Waals surface area contributed by atoms with Crippen LogP contribution in [0.1, 0.15) is 12.5 Å². The van der Waals surface area contributed by atoms with E-state index in [9.17, 15) is 9.90 Å². The van der Waals surface area contributed by atoms with Gasteiger partial charge in [0.15, 0.2) is 0 Å². The maximum absolute atomic E-state index is 11.5. The first kappa shape index (κ1) is 22.5. The summed E-state index contributed by atoms with van der Waals surface area (Å²) in [7, 11) is 1.91. The van der Waals surface area contributed by atoms with Crippen molar-refractivity contribution in [3.05, 3.63) is 65.4 Å². The normalized spacial score (nSPS) is 17.9. The molecule has 0 radical (unpaired) electrons. The number of hydrogen-bond donors (Lipinski definition) is 1. The van der Waals surface area contributed by atoms with E-state index in [1.165, 1.54) is 0 Å². The van der Waals surface area contributed by atoms with Gasteiger partial charge in [-0.2, -0.15) is 10.2 Å². The first-order chi connectivity index (χ1) is 17.3. The minimum absolute atomic E-state index is 0.0709. The van der Waals surface area contributed by atoms with Gasteiger partial charge in [-0.3, -0.25) is 9.48 Å². The number of benzene rings is 2. The van der Waals surface area contributed by atoms with Crippen LogP contribution in [0.25, 0.3) is 38.8 Å². The zero-order chi connectivity index (χ0) is 25.1. The van der Waals surface area contributed by atoms with Crippen molar-refractivity contribution in [2.75, 3.05) is 18.0 Å². The molecular weight excluding hydrogens is 476 g/mol. The van der Waals surface area contributed by atoms with Gasteiger partial charge in [0.2, 0.25) is 0 Å². The molecule has 1 aliphatic heterocycles. The van der Waals surface area contributed by atoms with Gasteiger partial charge in [0.25, 0.3) is 0 Å². The van der Waals surface area contributed by atoms with Crippen LogP contribution >= 0.6 is 11.6 Å². The molecule has 4 heterocycles. The zero-order valence-electron chi connectivity index (χ0n) is 20.2. The van der Waals surface area contributed by atoms with Gasteiger partial charge in [-0.25, -0.2) is 9.67 Å². The third kappa shape index (κ3) is 3.52. The summed E-state index contributed by atoms with van der Waals surface area (Å²) in [6.07, 6.45) is 3.80. The summed E-state index contributed by atoms with van der Waals surface area (Å²) in [6.45, 7) is 5.10. The van der Waals surface area contributed by atoms with Gasteiger partial charge in [-0.05, 0) is 48.7 Å². The fourth-order valence-electron chi connectivity index (χ4n) is 5.26. The summed E-state index contributed by atoms with van der Waals surface area (Å²) in [5.74, 6) is -0.306. The molecule has 5 aromatic rings. The summed E-state index contributed by atoms with van der Waals surface area (Å²) >= 11 is 6.54. The van der Waals surface area contributed by atoms with Crippen molar-refractivity contribution in [3.63, 3.8) is 0 Å². The lowest BCUT2D eigenvalue weighted by atomic mass is 9.99. The molecule has 2 unspecified atom stereocenters. The summed E-state index contributed by atoms with van der Waals surface area (Å²) < 4.78 is 3.71. The third-order valence-electron chi connectivity index (χ3n) is 7.18. The van der Waals surface area contributed by atoms with Gasteiger partial charge in [0.05, 0.1) is 28.8 Å². The zero-order valence-corrected chi connectivity index (χ0v) is 20.9. The van der Waals surface area contributed by atoms with Gasteiger partial charge >= 0.3 is 5.97 Å². The number of hydrogen-bond acceptors (Lipinski definition) is 5. The van der Waals surface area contributed by atoms with E-state index in [2.05, 4.69) is 16.1 Å². The van der Waals surface area contributed by atoms with E-state index in [0.29, 0.717) is 18.1 Å². The van der Waals surface area contributed by atoms with Gasteiger partial charge in [-0.1, -0.05) is 30.7 Å². The van der Waals surface area contributed by atoms with Crippen LogP contribution in [-0.4, -0.2) is 48.7 Å². The van der Waals surface area contributed by atoms with Gasteiger partial charge in [-0.15, -0.1) is 0 Å². The van der Waals surface area contributed by atoms with E-state index in [0.717, 1.165) is 50.1 Å². The molecule has 182 valence electrons. The second-order valence-electron chi connectivity index (χ2n) is 9.57. The van der Waals surface area contributed by atoms with Crippen LogP contribution in [0.3, 0.4) is 0 Å². The number of rotatable bonds is 4. The van der Waals surface area contributed by atoms with Crippen LogP contribution in [0.5, 0.6) is 0 Å². The lowest BCUT2D eigenvalue weighted by molar-refractivity contribution is -0.142. The highest BCUT2D eigenvalue weighted by Crippen LogP contribution is 2.37. The maximum atomic E-state index is 11.5. The molecule has 0 amide bonds. The Balaban J connectivity index is 1.47. The van der Waals surface area contributed by atoms with Crippen LogP contribution in [0.2, 0.25) is 5.02 Å². The van der Waals surface area contributed by atoms with Gasteiger partial charge in [0.1, 0.15) is 11.5 Å². The van der Waals surface area contributed by atoms with Crippen molar-refractivity contribution in [1.82, 2.24) is 24.5 Å². The van der Waals surface area contributed by atoms with E-state index in [1.807, 2.05) is 77.8 Å². The van der Waals surface area contributed by atoms with Crippen molar-refractivity contribution in [3.8, 4) is 16.9 Å². The first-order valence-electron chi connectivity index (χ1n) is 11.9. The van der Waals surface area contributed by atoms with Crippen molar-refractivity contribution in [2.24, 2.45) is 18.9 Å². The third-order valence-corrected chi connectivity index (χ3v) is 7.59. The van der Waals surface area contributed by atoms with Crippen molar-refractivity contribution in [1.29, 1.82) is 0 Å². The number of carboxylic acids is 1. The molecule has 1 aliphatic rings. The number of nitrogens with zero attached hydrogens (tertiary/aromatic N) is 6. The summed E-state index contributed by atoms with van der Waals surface area (Å²) in [6, 6.07) is 13.9. The average molecular weight is 501 g/mol. The minimum Gasteiger partial charge on any atom is -0.481 e. The largest absolute Gasteiger partial charge is 0.481 e. The molecule has 8 nitrogen and oxygen atoms in total. The van der Waals surface area contributed by atoms with E-state index in [-0.39, 0.29) is 11.8 Å². The Kier molecular flexibility index (Phi) is 5.22. The van der Waals surface area contributed by atoms with E-state index in [4.69, 9.17) is 16.7 Å². The summed E-state index contributed by atoms with van der Waals surface area (Å²) in [5.41, 5.74) is 5.43. The molecule has 36 heavy (non-hydrogen) atoms. The highest BCUT2D eigenvalue weighted by molar-refractivity contribution is 6.32.